The zero-order chi connectivity index (χ0) is 14.2. The van der Waals surface area contributed by atoms with Gasteiger partial charge in [0.15, 0.2) is 0 Å². The zero-order valence-electron chi connectivity index (χ0n) is 12.6. The molecule has 2 nitrogen and oxygen atoms in total. The van der Waals surface area contributed by atoms with Crippen molar-refractivity contribution in [1.82, 2.24) is 5.43 Å². The molecule has 2 rings (SSSR count). The molecular formula is C17H28N2S. The standard InChI is InChI=1S/C17H28N2S/c1-2-3-4-5-6-7-11-16(19-18)15-13-20-17-12-9-8-10-14(15)17/h8-10,12,15-16,19H,2-7,11,13,18H2,1H3. The van der Waals surface area contributed by atoms with Crippen LogP contribution in [0.25, 0.3) is 0 Å². The SMILES string of the molecule is CCCCCCCCC(NN)C1CSc2ccccc21. The quantitative estimate of drug-likeness (QED) is 0.401. The van der Waals surface area contributed by atoms with E-state index in [0.29, 0.717) is 12.0 Å². The second-order valence-electron chi connectivity index (χ2n) is 5.78. The molecule has 20 heavy (non-hydrogen) atoms. The first kappa shape index (κ1) is 15.9. The Kier molecular flexibility index (Phi) is 6.91. The first-order chi connectivity index (χ1) is 9.86. The van der Waals surface area contributed by atoms with Gasteiger partial charge in [0.2, 0.25) is 0 Å². The van der Waals surface area contributed by atoms with E-state index < -0.39 is 0 Å². The van der Waals surface area contributed by atoms with Crippen molar-refractivity contribution in [2.75, 3.05) is 5.75 Å². The van der Waals surface area contributed by atoms with Crippen LogP contribution in [0.4, 0.5) is 0 Å². The molecule has 3 N–H and O–H groups in total. The average molecular weight is 292 g/mol. The number of hydrazine groups is 1. The van der Waals surface area contributed by atoms with Crippen LogP contribution in [-0.4, -0.2) is 11.8 Å². The first-order valence-corrected chi connectivity index (χ1v) is 9.03. The molecule has 1 aliphatic heterocycles. The van der Waals surface area contributed by atoms with E-state index in [9.17, 15) is 0 Å². The number of benzene rings is 1. The molecule has 0 radical (unpaired) electrons. The van der Waals surface area contributed by atoms with E-state index in [1.165, 1.54) is 61.2 Å². The Balaban J connectivity index is 1.78. The number of hydrogen-bond donors (Lipinski definition) is 2. The Labute approximate surface area is 127 Å². The summed E-state index contributed by atoms with van der Waals surface area (Å²) in [5.41, 5.74) is 4.57. The van der Waals surface area contributed by atoms with E-state index >= 15 is 0 Å². The Hall–Kier alpha value is -0.510. The Morgan fingerprint density at radius 1 is 1.20 bits per heavy atom. The fraction of sp³-hybridized carbons (Fsp3) is 0.647. The predicted molar refractivity (Wildman–Crippen MR) is 89.0 cm³/mol. The smallest absolute Gasteiger partial charge is 0.0287 e. The van der Waals surface area contributed by atoms with E-state index in [4.69, 9.17) is 5.84 Å². The maximum atomic E-state index is 5.81. The van der Waals surface area contributed by atoms with Gasteiger partial charge < -0.3 is 0 Å². The molecule has 0 amide bonds. The topological polar surface area (TPSA) is 38.0 Å². The maximum absolute atomic E-state index is 5.81. The lowest BCUT2D eigenvalue weighted by Crippen LogP contribution is -2.40. The third-order valence-corrected chi connectivity index (χ3v) is 5.51. The van der Waals surface area contributed by atoms with Crippen LogP contribution in [0.2, 0.25) is 0 Å². The van der Waals surface area contributed by atoms with Gasteiger partial charge >= 0.3 is 0 Å². The average Bonchev–Trinajstić information content (AvgIpc) is 2.91. The molecule has 112 valence electrons. The molecule has 1 heterocycles. The second-order valence-corrected chi connectivity index (χ2v) is 6.85. The molecule has 0 aromatic heterocycles. The molecule has 0 aliphatic carbocycles. The number of nitrogens with one attached hydrogen (secondary N) is 1. The van der Waals surface area contributed by atoms with Gasteiger partial charge in [-0.1, -0.05) is 63.6 Å². The zero-order valence-corrected chi connectivity index (χ0v) is 13.4. The molecule has 0 fully saturated rings. The van der Waals surface area contributed by atoms with Gasteiger partial charge in [0.1, 0.15) is 0 Å². The molecule has 1 aromatic carbocycles. The summed E-state index contributed by atoms with van der Waals surface area (Å²) in [5.74, 6) is 7.56. The van der Waals surface area contributed by atoms with Crippen molar-refractivity contribution in [3.8, 4) is 0 Å². The molecule has 2 atom stereocenters. The highest BCUT2D eigenvalue weighted by Crippen LogP contribution is 2.41. The molecular weight excluding hydrogens is 264 g/mol. The Bertz CT molecular complexity index is 394. The normalized spacial score (nSPS) is 19.0. The molecule has 1 aromatic rings. The van der Waals surface area contributed by atoms with Crippen molar-refractivity contribution in [2.24, 2.45) is 5.84 Å². The van der Waals surface area contributed by atoms with Crippen molar-refractivity contribution < 1.29 is 0 Å². The minimum Gasteiger partial charge on any atom is -0.271 e. The van der Waals surface area contributed by atoms with Crippen LogP contribution in [-0.2, 0) is 0 Å². The van der Waals surface area contributed by atoms with Crippen LogP contribution in [0.5, 0.6) is 0 Å². The van der Waals surface area contributed by atoms with Crippen LogP contribution in [0.15, 0.2) is 29.2 Å². The van der Waals surface area contributed by atoms with E-state index in [0.717, 1.165) is 0 Å². The number of thioether (sulfide) groups is 1. The number of rotatable bonds is 9. The van der Waals surface area contributed by atoms with E-state index in [-0.39, 0.29) is 0 Å². The number of unbranched alkanes of at least 4 members (excludes halogenated alkanes) is 5. The fourth-order valence-corrected chi connectivity index (χ4v) is 4.40. The Morgan fingerprint density at radius 3 is 2.75 bits per heavy atom. The van der Waals surface area contributed by atoms with Crippen LogP contribution in [0.3, 0.4) is 0 Å². The van der Waals surface area contributed by atoms with Crippen molar-refractivity contribution in [1.29, 1.82) is 0 Å². The van der Waals surface area contributed by atoms with Gasteiger partial charge in [-0.25, -0.2) is 0 Å². The Morgan fingerprint density at radius 2 is 1.95 bits per heavy atom. The summed E-state index contributed by atoms with van der Waals surface area (Å²) >= 11 is 1.97. The highest BCUT2D eigenvalue weighted by Gasteiger charge is 2.29. The van der Waals surface area contributed by atoms with Gasteiger partial charge in [0.25, 0.3) is 0 Å². The second kappa shape index (κ2) is 8.71. The summed E-state index contributed by atoms with van der Waals surface area (Å²) in [7, 11) is 0. The number of hydrogen-bond acceptors (Lipinski definition) is 3. The van der Waals surface area contributed by atoms with Gasteiger partial charge in [-0.2, -0.15) is 0 Å². The minimum absolute atomic E-state index is 0.428. The summed E-state index contributed by atoms with van der Waals surface area (Å²) in [6.07, 6.45) is 9.30. The van der Waals surface area contributed by atoms with Gasteiger partial charge in [0.05, 0.1) is 0 Å². The molecule has 3 heteroatoms. The summed E-state index contributed by atoms with van der Waals surface area (Å²) in [6, 6.07) is 9.21. The highest BCUT2D eigenvalue weighted by atomic mass is 32.2. The van der Waals surface area contributed by atoms with Crippen LogP contribution >= 0.6 is 11.8 Å². The highest BCUT2D eigenvalue weighted by molar-refractivity contribution is 7.99. The summed E-state index contributed by atoms with van der Waals surface area (Å²) in [6.45, 7) is 2.27. The van der Waals surface area contributed by atoms with Crippen molar-refractivity contribution in [2.45, 2.75) is 68.7 Å². The molecule has 2 unspecified atom stereocenters. The lowest BCUT2D eigenvalue weighted by Gasteiger charge is -2.23. The largest absolute Gasteiger partial charge is 0.271 e. The van der Waals surface area contributed by atoms with E-state index in [2.05, 4.69) is 36.6 Å². The summed E-state index contributed by atoms with van der Waals surface area (Å²) < 4.78 is 0. The van der Waals surface area contributed by atoms with Gasteiger partial charge in [-0.15, -0.1) is 11.8 Å². The lowest BCUT2D eigenvalue weighted by molar-refractivity contribution is 0.416. The van der Waals surface area contributed by atoms with Crippen LogP contribution in [0.1, 0.15) is 63.4 Å². The molecule has 0 saturated carbocycles. The third kappa shape index (κ3) is 4.24. The summed E-state index contributed by atoms with van der Waals surface area (Å²) in [4.78, 5) is 1.45. The van der Waals surface area contributed by atoms with Crippen molar-refractivity contribution >= 4 is 11.8 Å². The molecule has 0 bridgehead atoms. The number of fused-ring (bicyclic) bond motifs is 1. The van der Waals surface area contributed by atoms with Crippen LogP contribution in [0, 0.1) is 0 Å². The summed E-state index contributed by atoms with van der Waals surface area (Å²) in [5, 5.41) is 0. The molecule has 0 saturated heterocycles. The maximum Gasteiger partial charge on any atom is 0.0287 e. The monoisotopic (exact) mass is 292 g/mol. The van der Waals surface area contributed by atoms with Crippen LogP contribution < -0.4 is 11.3 Å². The van der Waals surface area contributed by atoms with E-state index in [1.54, 1.807) is 0 Å². The van der Waals surface area contributed by atoms with E-state index in [1.807, 2.05) is 11.8 Å². The fourth-order valence-electron chi connectivity index (χ4n) is 3.07. The van der Waals surface area contributed by atoms with Gasteiger partial charge in [-0.3, -0.25) is 11.3 Å². The third-order valence-electron chi connectivity index (χ3n) is 4.31. The van der Waals surface area contributed by atoms with Crippen molar-refractivity contribution in [3.63, 3.8) is 0 Å². The number of nitrogens with two attached hydrogens (primary N) is 1. The lowest BCUT2D eigenvalue weighted by atomic mass is 9.90. The van der Waals surface area contributed by atoms with Gasteiger partial charge in [-0.05, 0) is 18.1 Å². The van der Waals surface area contributed by atoms with Crippen molar-refractivity contribution in [3.05, 3.63) is 29.8 Å². The molecule has 0 spiro atoms. The predicted octanol–water partition coefficient (Wildman–Crippen LogP) is 4.46. The first-order valence-electron chi connectivity index (χ1n) is 8.04. The van der Waals surface area contributed by atoms with Gasteiger partial charge in [0, 0.05) is 22.6 Å². The minimum atomic E-state index is 0.428. The molecule has 1 aliphatic rings.